The fraction of sp³-hybridized carbons (Fsp3) is 0.111. The highest BCUT2D eigenvalue weighted by Gasteiger charge is 2.19. The Morgan fingerprint density at radius 3 is 1.46 bits per heavy atom. The van der Waals surface area contributed by atoms with Gasteiger partial charge >= 0.3 is 0 Å². The van der Waals surface area contributed by atoms with Crippen molar-refractivity contribution in [2.75, 3.05) is 0 Å². The lowest BCUT2D eigenvalue weighted by molar-refractivity contribution is 1.05. The Hall–Kier alpha value is -5.40. The molecule has 0 saturated carbocycles. The summed E-state index contributed by atoms with van der Waals surface area (Å²) in [5.74, 6) is 0. The highest BCUT2D eigenvalue weighted by molar-refractivity contribution is 6.24. The van der Waals surface area contributed by atoms with Crippen molar-refractivity contribution < 1.29 is 0 Å². The maximum absolute atomic E-state index is 4.84. The van der Waals surface area contributed by atoms with E-state index in [4.69, 9.17) is 5.32 Å². The SMILES string of the molecule is Cc1cc(C)c(-c2ccc(-c3c4ccccc4c(-c4ccc(C5=CC=CC(C)[N-]5)cc4)c4ccccc34)c3ccccc23)c(C)c1. The van der Waals surface area contributed by atoms with Gasteiger partial charge in [0.25, 0.3) is 0 Å². The van der Waals surface area contributed by atoms with Crippen LogP contribution in [0.15, 0.2) is 140 Å². The first-order valence-electron chi connectivity index (χ1n) is 16.2. The highest BCUT2D eigenvalue weighted by atomic mass is 14.9. The van der Waals surface area contributed by atoms with Gasteiger partial charge in [-0.25, -0.2) is 0 Å². The smallest absolute Gasteiger partial charge is 0.00201 e. The quantitative estimate of drug-likeness (QED) is 0.181. The highest BCUT2D eigenvalue weighted by Crippen LogP contribution is 2.47. The van der Waals surface area contributed by atoms with Crippen LogP contribution >= 0.6 is 0 Å². The molecular formula is C45H36N-. The summed E-state index contributed by atoms with van der Waals surface area (Å²) in [7, 11) is 0. The third-order valence-corrected chi connectivity index (χ3v) is 9.53. The summed E-state index contributed by atoms with van der Waals surface area (Å²) in [6, 6.07) is 45.3. The van der Waals surface area contributed by atoms with Gasteiger partial charge < -0.3 is 5.32 Å². The third-order valence-electron chi connectivity index (χ3n) is 9.53. The molecule has 46 heavy (non-hydrogen) atoms. The van der Waals surface area contributed by atoms with Crippen LogP contribution in [0.3, 0.4) is 0 Å². The molecule has 7 aromatic rings. The third kappa shape index (κ3) is 4.63. The summed E-state index contributed by atoms with van der Waals surface area (Å²) in [5, 5.41) is 12.5. The summed E-state index contributed by atoms with van der Waals surface area (Å²) in [6.07, 6.45) is 6.34. The average Bonchev–Trinajstić information content (AvgIpc) is 3.07. The average molecular weight is 591 g/mol. The van der Waals surface area contributed by atoms with Crippen molar-refractivity contribution in [3.63, 3.8) is 0 Å². The Labute approximate surface area is 271 Å². The minimum absolute atomic E-state index is 0.204. The first kappa shape index (κ1) is 28.1. The fourth-order valence-corrected chi connectivity index (χ4v) is 7.66. The molecule has 0 spiro atoms. The predicted molar refractivity (Wildman–Crippen MR) is 199 cm³/mol. The topological polar surface area (TPSA) is 14.1 Å². The molecule has 0 saturated heterocycles. The van der Waals surface area contributed by atoms with Crippen LogP contribution in [-0.4, -0.2) is 6.04 Å². The second-order valence-electron chi connectivity index (χ2n) is 12.7. The molecule has 7 aromatic carbocycles. The van der Waals surface area contributed by atoms with Crippen molar-refractivity contribution in [1.29, 1.82) is 0 Å². The molecule has 1 aliphatic rings. The maximum atomic E-state index is 4.84. The molecule has 1 unspecified atom stereocenters. The van der Waals surface area contributed by atoms with Gasteiger partial charge in [-0.05, 0) is 103 Å². The number of hydrogen-bond donors (Lipinski definition) is 0. The number of rotatable bonds is 4. The predicted octanol–water partition coefficient (Wildman–Crippen LogP) is 12.7. The Kier molecular flexibility index (Phi) is 6.84. The lowest BCUT2D eigenvalue weighted by Crippen LogP contribution is -2.00. The van der Waals surface area contributed by atoms with Crippen molar-refractivity contribution in [3.8, 4) is 33.4 Å². The molecule has 0 aromatic heterocycles. The zero-order valence-corrected chi connectivity index (χ0v) is 26.8. The van der Waals surface area contributed by atoms with E-state index in [2.05, 4.69) is 167 Å². The van der Waals surface area contributed by atoms with E-state index in [0.717, 1.165) is 11.3 Å². The van der Waals surface area contributed by atoms with E-state index in [0.29, 0.717) is 0 Å². The second-order valence-corrected chi connectivity index (χ2v) is 12.7. The summed E-state index contributed by atoms with van der Waals surface area (Å²) in [6.45, 7) is 8.78. The van der Waals surface area contributed by atoms with Crippen LogP contribution in [0.25, 0.3) is 76.7 Å². The zero-order valence-electron chi connectivity index (χ0n) is 26.8. The molecule has 0 aliphatic carbocycles. The van der Waals surface area contributed by atoms with E-state index < -0.39 is 0 Å². The van der Waals surface area contributed by atoms with E-state index in [9.17, 15) is 0 Å². The lowest BCUT2D eigenvalue weighted by Gasteiger charge is -2.33. The Bertz CT molecular complexity index is 2290. The molecule has 1 nitrogen and oxygen atoms in total. The van der Waals surface area contributed by atoms with Crippen LogP contribution < -0.4 is 0 Å². The van der Waals surface area contributed by atoms with Gasteiger partial charge in [-0.1, -0.05) is 152 Å². The van der Waals surface area contributed by atoms with Crippen LogP contribution in [0.2, 0.25) is 0 Å². The lowest BCUT2D eigenvalue weighted by atomic mass is 9.83. The summed E-state index contributed by atoms with van der Waals surface area (Å²) >= 11 is 0. The van der Waals surface area contributed by atoms with Gasteiger partial charge in [-0.2, -0.15) is 0 Å². The number of fused-ring (bicyclic) bond motifs is 3. The molecule has 222 valence electrons. The fourth-order valence-electron chi connectivity index (χ4n) is 7.66. The molecule has 1 heterocycles. The van der Waals surface area contributed by atoms with E-state index in [-0.39, 0.29) is 6.04 Å². The normalized spacial score (nSPS) is 14.5. The van der Waals surface area contributed by atoms with Gasteiger partial charge in [0.1, 0.15) is 0 Å². The molecule has 1 heteroatoms. The van der Waals surface area contributed by atoms with E-state index in [1.807, 2.05) is 0 Å². The van der Waals surface area contributed by atoms with Gasteiger partial charge in [0.2, 0.25) is 0 Å². The largest absolute Gasteiger partial charge is 0.678 e. The number of allylic oxidation sites excluding steroid dienone is 2. The molecule has 1 aliphatic heterocycles. The standard InChI is InChI=1S/C45H36N/c1-28-26-29(2)43(30(3)27-28)40-24-25-41(35-14-6-5-13-34(35)40)45-38-17-9-7-15-36(38)44(37-16-8-10-18-39(37)45)33-22-20-32(21-23-33)42-19-11-12-31(4)46-42/h5-27,31H,1-4H3/q-1. The van der Waals surface area contributed by atoms with Crippen LogP contribution in [0.1, 0.15) is 29.2 Å². The van der Waals surface area contributed by atoms with Gasteiger partial charge in [-0.3, -0.25) is 0 Å². The Morgan fingerprint density at radius 1 is 0.478 bits per heavy atom. The van der Waals surface area contributed by atoms with Gasteiger partial charge in [-0.15, -0.1) is 11.7 Å². The van der Waals surface area contributed by atoms with E-state index >= 15 is 0 Å². The maximum Gasteiger partial charge on any atom is -0.00201 e. The molecule has 0 amide bonds. The number of aryl methyl sites for hydroxylation is 3. The minimum Gasteiger partial charge on any atom is -0.678 e. The molecule has 1 atom stereocenters. The molecule has 0 N–H and O–H groups in total. The molecule has 8 rings (SSSR count). The Balaban J connectivity index is 1.37. The minimum atomic E-state index is 0.204. The van der Waals surface area contributed by atoms with Crippen LogP contribution in [0.4, 0.5) is 0 Å². The number of hydrogen-bond acceptors (Lipinski definition) is 0. The summed E-state index contributed by atoms with van der Waals surface area (Å²) < 4.78 is 0. The molecule has 0 radical (unpaired) electrons. The molecular weight excluding hydrogens is 555 g/mol. The van der Waals surface area contributed by atoms with Gasteiger partial charge in [0.05, 0.1) is 0 Å². The summed E-state index contributed by atoms with van der Waals surface area (Å²) in [4.78, 5) is 0. The zero-order chi connectivity index (χ0) is 31.4. The van der Waals surface area contributed by atoms with E-state index in [1.54, 1.807) is 0 Å². The van der Waals surface area contributed by atoms with Crippen molar-refractivity contribution in [3.05, 3.63) is 167 Å². The van der Waals surface area contributed by atoms with Crippen molar-refractivity contribution in [2.24, 2.45) is 0 Å². The number of benzene rings is 7. The first-order chi connectivity index (χ1) is 22.5. The summed E-state index contributed by atoms with van der Waals surface area (Å²) in [5.41, 5.74) is 13.8. The van der Waals surface area contributed by atoms with Crippen molar-refractivity contribution in [2.45, 2.75) is 33.7 Å². The monoisotopic (exact) mass is 590 g/mol. The van der Waals surface area contributed by atoms with E-state index in [1.165, 1.54) is 82.4 Å². The van der Waals surface area contributed by atoms with Crippen molar-refractivity contribution >= 4 is 38.0 Å². The second kappa shape index (κ2) is 11.2. The van der Waals surface area contributed by atoms with Crippen LogP contribution in [0.5, 0.6) is 0 Å². The van der Waals surface area contributed by atoms with Crippen molar-refractivity contribution in [1.82, 2.24) is 0 Å². The first-order valence-corrected chi connectivity index (χ1v) is 16.2. The van der Waals surface area contributed by atoms with Crippen LogP contribution in [-0.2, 0) is 0 Å². The molecule has 0 bridgehead atoms. The van der Waals surface area contributed by atoms with Crippen LogP contribution in [0, 0.1) is 20.8 Å². The number of nitrogens with zero attached hydrogens (tertiary/aromatic N) is 1. The Morgan fingerprint density at radius 2 is 0.935 bits per heavy atom. The van der Waals surface area contributed by atoms with Gasteiger partial charge in [0, 0.05) is 0 Å². The molecule has 0 fully saturated rings. The van der Waals surface area contributed by atoms with Gasteiger partial charge in [0.15, 0.2) is 0 Å².